The van der Waals surface area contributed by atoms with Crippen LogP contribution in [0.2, 0.25) is 0 Å². The van der Waals surface area contributed by atoms with Crippen LogP contribution in [0.1, 0.15) is 0 Å². The standard InChI is InChI=1S/C48H30N2/c1-3-11-33-25-36(19-17-31(33)9-1)47-41-15-7-8-16-42(41)48(37-20-18-32-10-2-4-12-34(32)26-37)44-27-35(21-23-43(44)47)46-24-22-39(29-50-46)45-30-49-28-38-13-5-6-14-40(38)45/h1-30H. The second-order valence-corrected chi connectivity index (χ2v) is 13.0. The van der Waals surface area contributed by atoms with Gasteiger partial charge in [0.25, 0.3) is 0 Å². The Kier molecular flexibility index (Phi) is 6.53. The smallest absolute Gasteiger partial charge is 0.0702 e. The predicted molar refractivity (Wildman–Crippen MR) is 211 cm³/mol. The first-order valence-corrected chi connectivity index (χ1v) is 17.0. The van der Waals surface area contributed by atoms with Gasteiger partial charge in [-0.25, -0.2) is 0 Å². The van der Waals surface area contributed by atoms with Gasteiger partial charge in [0.05, 0.1) is 5.69 Å². The van der Waals surface area contributed by atoms with Crippen LogP contribution in [0.4, 0.5) is 0 Å². The van der Waals surface area contributed by atoms with Crippen LogP contribution in [0.25, 0.3) is 98.5 Å². The first kappa shape index (κ1) is 28.4. The minimum Gasteiger partial charge on any atom is -0.263 e. The maximum absolute atomic E-state index is 5.03. The van der Waals surface area contributed by atoms with E-state index in [-0.39, 0.29) is 0 Å². The van der Waals surface area contributed by atoms with Crippen molar-refractivity contribution in [2.45, 2.75) is 0 Å². The van der Waals surface area contributed by atoms with E-state index in [1.165, 1.54) is 70.7 Å². The van der Waals surface area contributed by atoms with Crippen LogP contribution in [-0.2, 0) is 0 Å². The largest absolute Gasteiger partial charge is 0.263 e. The fraction of sp³-hybridized carbons (Fsp3) is 0. The first-order valence-electron chi connectivity index (χ1n) is 17.0. The van der Waals surface area contributed by atoms with E-state index in [1.807, 2.05) is 18.6 Å². The lowest BCUT2D eigenvalue weighted by atomic mass is 9.84. The average Bonchev–Trinajstić information content (AvgIpc) is 3.19. The Morgan fingerprint density at radius 2 is 0.820 bits per heavy atom. The number of nitrogens with zero attached hydrogens (tertiary/aromatic N) is 2. The molecule has 2 nitrogen and oxygen atoms in total. The molecule has 0 radical (unpaired) electrons. The number of aromatic nitrogens is 2. The van der Waals surface area contributed by atoms with Crippen LogP contribution in [0, 0.1) is 0 Å². The molecule has 10 rings (SSSR count). The summed E-state index contributed by atoms with van der Waals surface area (Å²) in [5.41, 5.74) is 9.09. The van der Waals surface area contributed by atoms with E-state index in [0.29, 0.717) is 0 Å². The lowest BCUT2D eigenvalue weighted by Gasteiger charge is -2.19. The fourth-order valence-electron chi connectivity index (χ4n) is 7.72. The van der Waals surface area contributed by atoms with Gasteiger partial charge < -0.3 is 0 Å². The van der Waals surface area contributed by atoms with Crippen molar-refractivity contribution < 1.29 is 0 Å². The fourth-order valence-corrected chi connectivity index (χ4v) is 7.72. The summed E-state index contributed by atoms with van der Waals surface area (Å²) in [6.07, 6.45) is 5.83. The maximum Gasteiger partial charge on any atom is 0.0702 e. The molecule has 0 aliphatic heterocycles. The number of pyridine rings is 2. The van der Waals surface area contributed by atoms with Gasteiger partial charge in [0.15, 0.2) is 0 Å². The SMILES string of the molecule is c1ccc2cc(-c3c4ccccc4c(-c4ccc5ccccc5c4)c4cc(-c5ccc(-c6cncc7ccccc67)cn5)ccc34)ccc2c1. The molecule has 0 saturated carbocycles. The number of fused-ring (bicyclic) bond motifs is 5. The van der Waals surface area contributed by atoms with Crippen LogP contribution >= 0.6 is 0 Å². The molecule has 232 valence electrons. The van der Waals surface area contributed by atoms with Crippen LogP contribution in [0.5, 0.6) is 0 Å². The van der Waals surface area contributed by atoms with E-state index >= 15 is 0 Å². The Morgan fingerprint density at radius 3 is 1.46 bits per heavy atom. The van der Waals surface area contributed by atoms with Crippen molar-refractivity contribution in [3.8, 4) is 44.6 Å². The van der Waals surface area contributed by atoms with E-state index in [4.69, 9.17) is 4.98 Å². The van der Waals surface area contributed by atoms with Crippen molar-refractivity contribution >= 4 is 53.9 Å². The second-order valence-electron chi connectivity index (χ2n) is 13.0. The summed E-state index contributed by atoms with van der Waals surface area (Å²) < 4.78 is 0. The average molecular weight is 635 g/mol. The Morgan fingerprint density at radius 1 is 0.300 bits per heavy atom. The van der Waals surface area contributed by atoms with E-state index in [1.54, 1.807) is 0 Å². The first-order chi connectivity index (χ1) is 24.8. The highest BCUT2D eigenvalue weighted by molar-refractivity contribution is 6.22. The Hall–Kier alpha value is -6.64. The Balaban J connectivity index is 1.22. The third kappa shape index (κ3) is 4.65. The van der Waals surface area contributed by atoms with Crippen molar-refractivity contribution in [2.24, 2.45) is 0 Å². The molecule has 2 heteroatoms. The summed E-state index contributed by atoms with van der Waals surface area (Å²) in [4.78, 5) is 9.54. The van der Waals surface area contributed by atoms with Crippen LogP contribution in [0.15, 0.2) is 182 Å². The van der Waals surface area contributed by atoms with Crippen molar-refractivity contribution in [1.29, 1.82) is 0 Å². The zero-order valence-corrected chi connectivity index (χ0v) is 27.2. The molecule has 0 spiro atoms. The van der Waals surface area contributed by atoms with E-state index in [0.717, 1.165) is 27.8 Å². The van der Waals surface area contributed by atoms with Gasteiger partial charge >= 0.3 is 0 Å². The number of hydrogen-bond acceptors (Lipinski definition) is 2. The molecule has 0 aliphatic rings. The topological polar surface area (TPSA) is 25.8 Å². The highest BCUT2D eigenvalue weighted by Gasteiger charge is 2.18. The molecule has 0 fully saturated rings. The van der Waals surface area contributed by atoms with E-state index in [2.05, 4.69) is 169 Å². The van der Waals surface area contributed by atoms with Crippen LogP contribution < -0.4 is 0 Å². The quantitative estimate of drug-likeness (QED) is 0.180. The van der Waals surface area contributed by atoms with Crippen molar-refractivity contribution in [3.63, 3.8) is 0 Å². The number of rotatable bonds is 4. The van der Waals surface area contributed by atoms with Crippen molar-refractivity contribution in [3.05, 3.63) is 182 Å². The maximum atomic E-state index is 5.03. The zero-order chi connectivity index (χ0) is 33.0. The second kappa shape index (κ2) is 11.5. The molecule has 10 aromatic rings. The van der Waals surface area contributed by atoms with Gasteiger partial charge in [0, 0.05) is 40.7 Å². The van der Waals surface area contributed by atoms with Crippen molar-refractivity contribution in [1.82, 2.24) is 9.97 Å². The molecule has 0 aliphatic carbocycles. The molecule has 0 saturated heterocycles. The summed E-state index contributed by atoms with van der Waals surface area (Å²) in [6.45, 7) is 0. The molecule has 0 atom stereocenters. The summed E-state index contributed by atoms with van der Waals surface area (Å²) in [6, 6.07) is 59.4. The lowest BCUT2D eigenvalue weighted by Crippen LogP contribution is -1.93. The van der Waals surface area contributed by atoms with Gasteiger partial charge in [0.1, 0.15) is 0 Å². The highest BCUT2D eigenvalue weighted by atomic mass is 14.7. The van der Waals surface area contributed by atoms with Gasteiger partial charge in [-0.05, 0) is 95.0 Å². The predicted octanol–water partition coefficient (Wildman–Crippen LogP) is 12.9. The third-order valence-corrected chi connectivity index (χ3v) is 10.1. The number of hydrogen-bond donors (Lipinski definition) is 0. The highest BCUT2D eigenvalue weighted by Crippen LogP contribution is 2.45. The molecule has 50 heavy (non-hydrogen) atoms. The molecule has 2 heterocycles. The molecule has 0 N–H and O–H groups in total. The molecule has 8 aromatic carbocycles. The Labute approximate surface area is 290 Å². The number of benzene rings is 8. The molecule has 0 unspecified atom stereocenters. The third-order valence-electron chi connectivity index (χ3n) is 10.1. The van der Waals surface area contributed by atoms with Gasteiger partial charge in [-0.1, -0.05) is 140 Å². The lowest BCUT2D eigenvalue weighted by molar-refractivity contribution is 1.31. The summed E-state index contributed by atoms with van der Waals surface area (Å²) >= 11 is 0. The van der Waals surface area contributed by atoms with Gasteiger partial charge in [-0.15, -0.1) is 0 Å². The van der Waals surface area contributed by atoms with E-state index in [9.17, 15) is 0 Å². The van der Waals surface area contributed by atoms with E-state index < -0.39 is 0 Å². The van der Waals surface area contributed by atoms with Gasteiger partial charge in [-0.2, -0.15) is 0 Å². The molecule has 0 amide bonds. The summed E-state index contributed by atoms with van der Waals surface area (Å²) in [7, 11) is 0. The minimum absolute atomic E-state index is 0.939. The molecular weight excluding hydrogens is 605 g/mol. The molecule has 0 bridgehead atoms. The zero-order valence-electron chi connectivity index (χ0n) is 27.2. The molecular formula is C48H30N2. The normalized spacial score (nSPS) is 11.6. The summed E-state index contributed by atoms with van der Waals surface area (Å²) in [5.74, 6) is 0. The van der Waals surface area contributed by atoms with Crippen LogP contribution in [-0.4, -0.2) is 9.97 Å². The Bertz CT molecular complexity index is 2920. The summed E-state index contributed by atoms with van der Waals surface area (Å²) in [5, 5.41) is 12.2. The van der Waals surface area contributed by atoms with Crippen LogP contribution in [0.3, 0.4) is 0 Å². The monoisotopic (exact) mass is 634 g/mol. The minimum atomic E-state index is 0.939. The van der Waals surface area contributed by atoms with Crippen molar-refractivity contribution in [2.75, 3.05) is 0 Å². The van der Waals surface area contributed by atoms with Gasteiger partial charge in [-0.3, -0.25) is 9.97 Å². The van der Waals surface area contributed by atoms with Gasteiger partial charge in [0.2, 0.25) is 0 Å². The molecule has 2 aromatic heterocycles.